The first-order valence-electron chi connectivity index (χ1n) is 28.8. The molecular formula is C81H58N2. The van der Waals surface area contributed by atoms with E-state index in [1.807, 2.05) is 0 Å². The molecule has 0 radical (unpaired) electrons. The summed E-state index contributed by atoms with van der Waals surface area (Å²) in [7, 11) is 0. The van der Waals surface area contributed by atoms with Crippen molar-refractivity contribution in [3.8, 4) is 77.9 Å². The third-order valence-corrected chi connectivity index (χ3v) is 17.3. The lowest BCUT2D eigenvalue weighted by Gasteiger charge is -2.32. The van der Waals surface area contributed by atoms with E-state index in [4.69, 9.17) is 0 Å². The van der Waals surface area contributed by atoms with E-state index in [1.165, 1.54) is 100 Å². The van der Waals surface area contributed by atoms with E-state index in [1.54, 1.807) is 0 Å². The molecule has 0 aliphatic heterocycles. The Morgan fingerprint density at radius 3 is 0.892 bits per heavy atom. The SMILES string of the molecule is Cc1cc(-c2ccccc2)ccc1N(c1ccc(-c2ccccc2)cc1)c1cc(-c2ccc3c(c2)C2(c4ccccc4-c4ccccc42)c2ccccc2-3)cc(N(c2ccc(-c3ccccc3)cc2)c2ccc(-c3ccccc3)cc2C)c1. The van der Waals surface area contributed by atoms with Crippen LogP contribution in [0.4, 0.5) is 34.1 Å². The van der Waals surface area contributed by atoms with Crippen LogP contribution in [0.5, 0.6) is 0 Å². The van der Waals surface area contributed by atoms with E-state index >= 15 is 0 Å². The van der Waals surface area contributed by atoms with Crippen molar-refractivity contribution >= 4 is 34.1 Å². The van der Waals surface area contributed by atoms with Crippen LogP contribution in [0, 0.1) is 13.8 Å². The number of hydrogen-bond acceptors (Lipinski definition) is 2. The number of hydrogen-bond donors (Lipinski definition) is 0. The van der Waals surface area contributed by atoms with Gasteiger partial charge >= 0.3 is 0 Å². The number of benzene rings is 13. The normalized spacial score (nSPS) is 12.3. The number of nitrogens with zero attached hydrogens (tertiary/aromatic N) is 2. The van der Waals surface area contributed by atoms with Gasteiger partial charge in [0.05, 0.1) is 5.41 Å². The van der Waals surface area contributed by atoms with Gasteiger partial charge in [0.1, 0.15) is 0 Å². The highest BCUT2D eigenvalue weighted by Crippen LogP contribution is 2.63. The first kappa shape index (κ1) is 49.5. The summed E-state index contributed by atoms with van der Waals surface area (Å²) in [4.78, 5) is 4.95. The zero-order valence-electron chi connectivity index (χ0n) is 46.4. The molecule has 83 heavy (non-hydrogen) atoms. The minimum atomic E-state index is -0.496. The molecule has 0 unspecified atom stereocenters. The number of rotatable bonds is 11. The van der Waals surface area contributed by atoms with Crippen LogP contribution in [0.25, 0.3) is 77.9 Å². The first-order valence-corrected chi connectivity index (χ1v) is 28.8. The van der Waals surface area contributed by atoms with Crippen LogP contribution in [-0.2, 0) is 5.41 Å². The molecule has 15 rings (SSSR count). The van der Waals surface area contributed by atoms with Gasteiger partial charge < -0.3 is 9.80 Å². The summed E-state index contributed by atoms with van der Waals surface area (Å²) >= 11 is 0. The molecule has 0 saturated carbocycles. The van der Waals surface area contributed by atoms with Gasteiger partial charge in [-0.25, -0.2) is 0 Å². The Hall–Kier alpha value is -10.5. The third-order valence-electron chi connectivity index (χ3n) is 17.3. The van der Waals surface area contributed by atoms with Crippen LogP contribution in [0.3, 0.4) is 0 Å². The molecule has 1 spiro atoms. The maximum absolute atomic E-state index is 2.52. The highest BCUT2D eigenvalue weighted by molar-refractivity contribution is 5.97. The van der Waals surface area contributed by atoms with Gasteiger partial charge in [-0.3, -0.25) is 0 Å². The maximum atomic E-state index is 2.52. The zero-order valence-corrected chi connectivity index (χ0v) is 46.4. The van der Waals surface area contributed by atoms with Crippen molar-refractivity contribution in [2.75, 3.05) is 9.80 Å². The molecule has 0 amide bonds. The van der Waals surface area contributed by atoms with Crippen LogP contribution in [0.15, 0.2) is 315 Å². The van der Waals surface area contributed by atoms with Crippen molar-refractivity contribution in [3.05, 3.63) is 349 Å². The Morgan fingerprint density at radius 1 is 0.205 bits per heavy atom. The summed E-state index contributed by atoms with van der Waals surface area (Å²) in [6.07, 6.45) is 0. The van der Waals surface area contributed by atoms with Gasteiger partial charge in [0.25, 0.3) is 0 Å². The van der Waals surface area contributed by atoms with E-state index in [0.29, 0.717) is 0 Å². The molecule has 392 valence electrons. The van der Waals surface area contributed by atoms with E-state index < -0.39 is 5.41 Å². The summed E-state index contributed by atoms with van der Waals surface area (Å²) in [5.41, 5.74) is 30.4. The topological polar surface area (TPSA) is 6.48 Å². The van der Waals surface area contributed by atoms with Crippen molar-refractivity contribution in [3.63, 3.8) is 0 Å². The van der Waals surface area contributed by atoms with Crippen LogP contribution < -0.4 is 9.80 Å². The zero-order chi connectivity index (χ0) is 55.4. The van der Waals surface area contributed by atoms with Crippen molar-refractivity contribution in [1.82, 2.24) is 0 Å². The lowest BCUT2D eigenvalue weighted by molar-refractivity contribution is 0.794. The molecule has 0 bridgehead atoms. The summed E-state index contributed by atoms with van der Waals surface area (Å²) in [5, 5.41) is 0. The molecule has 0 N–H and O–H groups in total. The largest absolute Gasteiger partial charge is 0.310 e. The summed E-state index contributed by atoms with van der Waals surface area (Å²) in [5.74, 6) is 0. The second-order valence-electron chi connectivity index (χ2n) is 22.1. The Kier molecular flexibility index (Phi) is 12.2. The fourth-order valence-corrected chi connectivity index (χ4v) is 13.4. The quantitative estimate of drug-likeness (QED) is 0.127. The summed E-state index contributed by atoms with van der Waals surface area (Å²) in [6.45, 7) is 4.51. The van der Waals surface area contributed by atoms with Crippen LogP contribution >= 0.6 is 0 Å². The molecular weight excluding hydrogens is 1000 g/mol. The molecule has 13 aromatic rings. The average molecular weight is 1060 g/mol. The van der Waals surface area contributed by atoms with Gasteiger partial charge in [-0.15, -0.1) is 0 Å². The second kappa shape index (κ2) is 20.5. The number of fused-ring (bicyclic) bond motifs is 10. The lowest BCUT2D eigenvalue weighted by Crippen LogP contribution is -2.25. The predicted octanol–water partition coefficient (Wildman–Crippen LogP) is 21.9. The first-order chi connectivity index (χ1) is 41.0. The molecule has 0 heterocycles. The van der Waals surface area contributed by atoms with Crippen molar-refractivity contribution in [2.24, 2.45) is 0 Å². The molecule has 2 heteroatoms. The van der Waals surface area contributed by atoms with Gasteiger partial charge in [-0.05, 0) is 198 Å². The molecule has 0 aromatic heterocycles. The average Bonchev–Trinajstić information content (AvgIpc) is 2.46. The van der Waals surface area contributed by atoms with Crippen molar-refractivity contribution < 1.29 is 0 Å². The second-order valence-corrected chi connectivity index (χ2v) is 22.1. The van der Waals surface area contributed by atoms with E-state index in [2.05, 4.69) is 339 Å². The third kappa shape index (κ3) is 8.49. The van der Waals surface area contributed by atoms with Gasteiger partial charge in [0.2, 0.25) is 0 Å². The number of aryl methyl sites for hydroxylation is 2. The summed E-state index contributed by atoms with van der Waals surface area (Å²) < 4.78 is 0. The van der Waals surface area contributed by atoms with E-state index in [-0.39, 0.29) is 0 Å². The fourth-order valence-electron chi connectivity index (χ4n) is 13.4. The minimum Gasteiger partial charge on any atom is -0.310 e. The van der Waals surface area contributed by atoms with Gasteiger partial charge in [0, 0.05) is 34.1 Å². The Balaban J connectivity index is 0.989. The monoisotopic (exact) mass is 1060 g/mol. The van der Waals surface area contributed by atoms with E-state index in [9.17, 15) is 0 Å². The molecule has 0 atom stereocenters. The van der Waals surface area contributed by atoms with Gasteiger partial charge in [0.15, 0.2) is 0 Å². The Morgan fingerprint density at radius 2 is 0.506 bits per heavy atom. The standard InChI is InChI=1S/C81H58N2/c1-55-49-63(59-25-11-5-12-26-59)40-47-79(55)82(67-42-35-61(36-43-67)57-21-7-3-8-22-57)69-51-66(65-39-46-74-73-31-17-20-34-77(73)81(78(74)53-65)75-32-18-15-29-71(75)72-30-16-19-33-76(72)81)52-70(54-69)83(68-44-37-62(38-45-68)58-23-9-4-10-24-58)80-48-41-64(50-56(80)2)60-27-13-6-14-28-60/h3-54H,1-2H3. The molecule has 0 saturated heterocycles. The van der Waals surface area contributed by atoms with Crippen LogP contribution in [0.1, 0.15) is 33.4 Å². The van der Waals surface area contributed by atoms with Crippen molar-refractivity contribution in [1.29, 1.82) is 0 Å². The molecule has 2 aliphatic carbocycles. The van der Waals surface area contributed by atoms with Gasteiger partial charge in [-0.1, -0.05) is 243 Å². The maximum Gasteiger partial charge on any atom is 0.0725 e. The highest BCUT2D eigenvalue weighted by Gasteiger charge is 2.51. The minimum absolute atomic E-state index is 0.496. The molecule has 13 aromatic carbocycles. The predicted molar refractivity (Wildman–Crippen MR) is 349 cm³/mol. The molecule has 2 aliphatic rings. The fraction of sp³-hybridized carbons (Fsp3) is 0.0370. The Labute approximate surface area is 487 Å². The Bertz CT molecular complexity index is 4290. The summed E-state index contributed by atoms with van der Waals surface area (Å²) in [6, 6.07) is 117. The molecule has 2 nitrogen and oxygen atoms in total. The highest BCUT2D eigenvalue weighted by atomic mass is 15.2. The molecule has 0 fully saturated rings. The lowest BCUT2D eigenvalue weighted by atomic mass is 9.70. The van der Waals surface area contributed by atoms with E-state index in [0.717, 1.165) is 45.3 Å². The smallest absolute Gasteiger partial charge is 0.0725 e. The van der Waals surface area contributed by atoms with Crippen molar-refractivity contribution in [2.45, 2.75) is 19.3 Å². The van der Waals surface area contributed by atoms with Gasteiger partial charge in [-0.2, -0.15) is 0 Å². The number of anilines is 6. The van der Waals surface area contributed by atoms with Crippen LogP contribution in [0.2, 0.25) is 0 Å². The van der Waals surface area contributed by atoms with Crippen LogP contribution in [-0.4, -0.2) is 0 Å².